The van der Waals surface area contributed by atoms with Crippen LogP contribution in [0.15, 0.2) is 41.0 Å². The molecule has 0 aliphatic heterocycles. The van der Waals surface area contributed by atoms with Gasteiger partial charge in [-0.2, -0.15) is 0 Å². The highest BCUT2D eigenvalue weighted by atomic mass is 16.5. The lowest BCUT2D eigenvalue weighted by Crippen LogP contribution is -2.50. The number of hydrogen-bond acceptors (Lipinski definition) is 5. The zero-order valence-electron chi connectivity index (χ0n) is 17.8. The summed E-state index contributed by atoms with van der Waals surface area (Å²) in [7, 11) is 1.58. The van der Waals surface area contributed by atoms with E-state index in [1.54, 1.807) is 19.2 Å². The Kier molecular flexibility index (Phi) is 7.70. The van der Waals surface area contributed by atoms with Gasteiger partial charge in [-0.1, -0.05) is 19.9 Å². The summed E-state index contributed by atoms with van der Waals surface area (Å²) in [5.74, 6) is 0.626. The Bertz CT molecular complexity index is 815. The van der Waals surface area contributed by atoms with Crippen LogP contribution in [0.4, 0.5) is 0 Å². The molecule has 0 bridgehead atoms. The predicted octanol–water partition coefficient (Wildman–Crippen LogP) is 3.71. The van der Waals surface area contributed by atoms with Crippen molar-refractivity contribution in [3.05, 3.63) is 47.9 Å². The zero-order valence-corrected chi connectivity index (χ0v) is 17.8. The van der Waals surface area contributed by atoms with Gasteiger partial charge in [0, 0.05) is 0 Å². The molecule has 0 spiro atoms. The fourth-order valence-electron chi connectivity index (χ4n) is 2.85. The molecule has 1 heterocycles. The summed E-state index contributed by atoms with van der Waals surface area (Å²) < 4.78 is 16.2. The third-order valence-corrected chi connectivity index (χ3v) is 4.39. The van der Waals surface area contributed by atoms with E-state index in [4.69, 9.17) is 13.9 Å². The van der Waals surface area contributed by atoms with Gasteiger partial charge >= 0.3 is 0 Å². The highest BCUT2D eigenvalue weighted by Crippen LogP contribution is 2.31. The maximum absolute atomic E-state index is 12.8. The number of rotatable bonds is 9. The molecule has 2 unspecified atom stereocenters. The number of nitrogens with one attached hydrogen (secondary N) is 2. The zero-order chi connectivity index (χ0) is 21.6. The first-order valence-electron chi connectivity index (χ1n) is 9.72. The third-order valence-electron chi connectivity index (χ3n) is 4.39. The SMILES string of the molecule is COc1cc(C(C)NC(=O)C(NC(=O)c2ccco2)C(C)C)ccc1OC(C)C. The van der Waals surface area contributed by atoms with Crippen molar-refractivity contribution in [2.45, 2.75) is 52.8 Å². The van der Waals surface area contributed by atoms with E-state index in [1.807, 2.05) is 52.8 Å². The Morgan fingerprint density at radius 3 is 2.28 bits per heavy atom. The molecule has 0 aliphatic carbocycles. The summed E-state index contributed by atoms with van der Waals surface area (Å²) in [6, 6.07) is 7.76. The summed E-state index contributed by atoms with van der Waals surface area (Å²) in [6.45, 7) is 9.51. The lowest BCUT2D eigenvalue weighted by molar-refractivity contribution is -0.124. The van der Waals surface area contributed by atoms with Gasteiger partial charge in [-0.05, 0) is 56.5 Å². The Labute approximate surface area is 171 Å². The number of ether oxygens (including phenoxy) is 2. The van der Waals surface area contributed by atoms with Crippen molar-refractivity contribution in [3.8, 4) is 11.5 Å². The van der Waals surface area contributed by atoms with Crippen LogP contribution in [0.5, 0.6) is 11.5 Å². The van der Waals surface area contributed by atoms with Crippen molar-refractivity contribution >= 4 is 11.8 Å². The number of benzene rings is 1. The minimum Gasteiger partial charge on any atom is -0.493 e. The van der Waals surface area contributed by atoms with Crippen molar-refractivity contribution in [1.82, 2.24) is 10.6 Å². The smallest absolute Gasteiger partial charge is 0.287 e. The topological polar surface area (TPSA) is 89.8 Å². The Morgan fingerprint density at radius 2 is 1.72 bits per heavy atom. The van der Waals surface area contributed by atoms with E-state index in [0.717, 1.165) is 5.56 Å². The van der Waals surface area contributed by atoms with Gasteiger partial charge in [0.25, 0.3) is 5.91 Å². The molecule has 7 heteroatoms. The second-order valence-corrected chi connectivity index (χ2v) is 7.48. The van der Waals surface area contributed by atoms with E-state index in [2.05, 4.69) is 10.6 Å². The second-order valence-electron chi connectivity index (χ2n) is 7.48. The van der Waals surface area contributed by atoms with E-state index in [1.165, 1.54) is 6.26 Å². The predicted molar refractivity (Wildman–Crippen MR) is 110 cm³/mol. The van der Waals surface area contributed by atoms with Crippen molar-refractivity contribution in [2.24, 2.45) is 5.92 Å². The first-order valence-corrected chi connectivity index (χ1v) is 9.72. The van der Waals surface area contributed by atoms with Crippen LogP contribution in [0.2, 0.25) is 0 Å². The molecular weight excluding hydrogens is 372 g/mol. The molecule has 158 valence electrons. The van der Waals surface area contributed by atoms with Gasteiger partial charge in [-0.25, -0.2) is 0 Å². The van der Waals surface area contributed by atoms with Crippen molar-refractivity contribution in [2.75, 3.05) is 7.11 Å². The van der Waals surface area contributed by atoms with Crippen LogP contribution in [-0.2, 0) is 4.79 Å². The Hall–Kier alpha value is -2.96. The van der Waals surface area contributed by atoms with Crippen LogP contribution in [0.1, 0.15) is 56.8 Å². The van der Waals surface area contributed by atoms with Crippen molar-refractivity contribution in [3.63, 3.8) is 0 Å². The second kappa shape index (κ2) is 10.0. The number of furan rings is 1. The molecule has 0 saturated heterocycles. The van der Waals surface area contributed by atoms with Crippen LogP contribution < -0.4 is 20.1 Å². The van der Waals surface area contributed by atoms with E-state index >= 15 is 0 Å². The van der Waals surface area contributed by atoms with Gasteiger partial charge < -0.3 is 24.5 Å². The van der Waals surface area contributed by atoms with Gasteiger partial charge in [0.15, 0.2) is 17.3 Å². The molecule has 2 aromatic rings. The summed E-state index contributed by atoms with van der Waals surface area (Å²) in [4.78, 5) is 25.1. The van der Waals surface area contributed by atoms with Crippen LogP contribution in [0.25, 0.3) is 0 Å². The molecule has 29 heavy (non-hydrogen) atoms. The summed E-state index contributed by atoms with van der Waals surface area (Å²) >= 11 is 0. The van der Waals surface area contributed by atoms with E-state index < -0.39 is 11.9 Å². The quantitative estimate of drug-likeness (QED) is 0.667. The van der Waals surface area contributed by atoms with Crippen molar-refractivity contribution < 1.29 is 23.5 Å². The Morgan fingerprint density at radius 1 is 1.00 bits per heavy atom. The molecule has 0 radical (unpaired) electrons. The number of hydrogen-bond donors (Lipinski definition) is 2. The standard InChI is InChI=1S/C22H30N2O5/c1-13(2)20(24-21(25)18-8-7-11-28-18)22(26)23-15(5)16-9-10-17(29-14(3)4)19(12-16)27-6/h7-15,20H,1-6H3,(H,23,26)(H,24,25). The lowest BCUT2D eigenvalue weighted by Gasteiger charge is -2.24. The van der Waals surface area contributed by atoms with Crippen LogP contribution in [0, 0.1) is 5.92 Å². The number of carbonyl (C=O) groups excluding carboxylic acids is 2. The van der Waals surface area contributed by atoms with Gasteiger partial charge in [0.05, 0.1) is 25.5 Å². The fourth-order valence-corrected chi connectivity index (χ4v) is 2.85. The normalized spacial score (nSPS) is 13.1. The third kappa shape index (κ3) is 6.01. The summed E-state index contributed by atoms with van der Waals surface area (Å²) in [6.07, 6.45) is 1.44. The number of carbonyl (C=O) groups is 2. The number of amides is 2. The van der Waals surface area contributed by atoms with Crippen molar-refractivity contribution in [1.29, 1.82) is 0 Å². The minimum atomic E-state index is -0.694. The van der Waals surface area contributed by atoms with Crippen LogP contribution in [-0.4, -0.2) is 31.1 Å². The molecule has 1 aromatic carbocycles. The average Bonchev–Trinajstić information content (AvgIpc) is 3.20. The van der Waals surface area contributed by atoms with E-state index in [9.17, 15) is 9.59 Å². The number of methoxy groups -OCH3 is 1. The van der Waals surface area contributed by atoms with Crippen LogP contribution >= 0.6 is 0 Å². The highest BCUT2D eigenvalue weighted by Gasteiger charge is 2.27. The molecule has 2 atom stereocenters. The Balaban J connectivity index is 2.09. The van der Waals surface area contributed by atoms with Gasteiger partial charge in [0.2, 0.25) is 5.91 Å². The fraction of sp³-hybridized carbons (Fsp3) is 0.455. The largest absolute Gasteiger partial charge is 0.493 e. The molecule has 0 fully saturated rings. The molecule has 0 saturated carbocycles. The first kappa shape index (κ1) is 22.3. The van der Waals surface area contributed by atoms with Gasteiger partial charge in [-0.3, -0.25) is 9.59 Å². The van der Waals surface area contributed by atoms with E-state index in [-0.39, 0.29) is 29.7 Å². The summed E-state index contributed by atoms with van der Waals surface area (Å²) in [5, 5.41) is 5.70. The lowest BCUT2D eigenvalue weighted by atomic mass is 10.0. The molecule has 2 amide bonds. The van der Waals surface area contributed by atoms with Gasteiger partial charge in [-0.15, -0.1) is 0 Å². The maximum atomic E-state index is 12.8. The first-order chi connectivity index (χ1) is 13.7. The maximum Gasteiger partial charge on any atom is 0.287 e. The summed E-state index contributed by atoms with van der Waals surface area (Å²) in [5.41, 5.74) is 0.867. The molecular formula is C22H30N2O5. The van der Waals surface area contributed by atoms with E-state index in [0.29, 0.717) is 11.5 Å². The minimum absolute atomic E-state index is 0.0245. The molecule has 1 aromatic heterocycles. The molecule has 7 nitrogen and oxygen atoms in total. The monoisotopic (exact) mass is 402 g/mol. The highest BCUT2D eigenvalue weighted by molar-refractivity contribution is 5.95. The molecule has 2 N–H and O–H groups in total. The molecule has 2 rings (SSSR count). The van der Waals surface area contributed by atoms with Gasteiger partial charge in [0.1, 0.15) is 6.04 Å². The molecule has 0 aliphatic rings. The van der Waals surface area contributed by atoms with Crippen LogP contribution in [0.3, 0.4) is 0 Å². The average molecular weight is 402 g/mol.